The molecule has 0 radical (unpaired) electrons. The zero-order chi connectivity index (χ0) is 23.3. The molecule has 4 amide bonds. The number of anilines is 3. The Morgan fingerprint density at radius 2 is 1.69 bits per heavy atom. The normalized spacial score (nSPS) is 10.2. The van der Waals surface area contributed by atoms with Crippen LogP contribution in [0.25, 0.3) is 0 Å². The molecule has 32 heavy (non-hydrogen) atoms. The van der Waals surface area contributed by atoms with E-state index in [0.29, 0.717) is 10.7 Å². The fourth-order valence-corrected chi connectivity index (χ4v) is 2.87. The van der Waals surface area contributed by atoms with E-state index in [1.54, 1.807) is 25.2 Å². The Morgan fingerprint density at radius 3 is 2.31 bits per heavy atom. The van der Waals surface area contributed by atoms with Crippen LogP contribution in [0, 0.1) is 5.82 Å². The number of nitrogens with one attached hydrogen (secondary N) is 3. The van der Waals surface area contributed by atoms with Crippen molar-refractivity contribution < 1.29 is 18.8 Å². The molecule has 0 aliphatic rings. The molecule has 0 spiro atoms. The highest BCUT2D eigenvalue weighted by atomic mass is 35.5. The van der Waals surface area contributed by atoms with E-state index in [2.05, 4.69) is 20.9 Å². The van der Waals surface area contributed by atoms with Crippen LogP contribution >= 0.6 is 11.6 Å². The van der Waals surface area contributed by atoms with E-state index < -0.39 is 17.6 Å². The fraction of sp³-hybridized carbons (Fsp3) is 0.0909. The van der Waals surface area contributed by atoms with Gasteiger partial charge in [0.15, 0.2) is 0 Å². The highest BCUT2D eigenvalue weighted by molar-refractivity contribution is 6.30. The number of pyridine rings is 1. The Labute approximate surface area is 188 Å². The van der Waals surface area contributed by atoms with Gasteiger partial charge < -0.3 is 16.0 Å². The number of nitrogens with zero attached hydrogens (tertiary/aromatic N) is 2. The molecular weight excluding hydrogens is 437 g/mol. The van der Waals surface area contributed by atoms with Crippen LogP contribution in [0.1, 0.15) is 20.7 Å². The average Bonchev–Trinajstić information content (AvgIpc) is 2.80. The van der Waals surface area contributed by atoms with E-state index in [1.165, 1.54) is 42.4 Å². The van der Waals surface area contributed by atoms with E-state index in [-0.39, 0.29) is 28.7 Å². The van der Waals surface area contributed by atoms with Crippen molar-refractivity contribution in [3.05, 3.63) is 82.8 Å². The first kappa shape index (κ1) is 22.7. The van der Waals surface area contributed by atoms with Gasteiger partial charge in [0.05, 0.1) is 16.3 Å². The monoisotopic (exact) mass is 455 g/mol. The fourth-order valence-electron chi connectivity index (χ4n) is 2.76. The van der Waals surface area contributed by atoms with Gasteiger partial charge in [0.25, 0.3) is 11.8 Å². The molecule has 1 heterocycles. The number of halogens is 2. The first-order valence-electron chi connectivity index (χ1n) is 9.38. The molecule has 0 fully saturated rings. The molecule has 1 aromatic heterocycles. The number of amides is 4. The predicted molar refractivity (Wildman–Crippen MR) is 121 cm³/mol. The van der Waals surface area contributed by atoms with Gasteiger partial charge in [0.2, 0.25) is 0 Å². The topological polar surface area (TPSA) is 103 Å². The average molecular weight is 456 g/mol. The summed E-state index contributed by atoms with van der Waals surface area (Å²) in [6.45, 7) is 0. The second-order valence-electron chi connectivity index (χ2n) is 6.62. The molecule has 0 unspecified atom stereocenters. The van der Waals surface area contributed by atoms with Crippen LogP contribution in [-0.2, 0) is 0 Å². The number of aromatic nitrogens is 1. The molecule has 2 aromatic carbocycles. The number of rotatable bonds is 5. The van der Waals surface area contributed by atoms with Crippen LogP contribution < -0.4 is 20.9 Å². The first-order valence-corrected chi connectivity index (χ1v) is 9.75. The Morgan fingerprint density at radius 1 is 0.969 bits per heavy atom. The van der Waals surface area contributed by atoms with E-state index in [1.807, 2.05) is 0 Å². The van der Waals surface area contributed by atoms with E-state index in [0.717, 1.165) is 12.1 Å². The van der Waals surface area contributed by atoms with Crippen molar-refractivity contribution in [2.45, 2.75) is 0 Å². The summed E-state index contributed by atoms with van der Waals surface area (Å²) < 4.78 is 13.8. The summed E-state index contributed by atoms with van der Waals surface area (Å²) in [7, 11) is 3.10. The van der Waals surface area contributed by atoms with Gasteiger partial charge in [-0.15, -0.1) is 0 Å². The lowest BCUT2D eigenvalue weighted by atomic mass is 10.1. The maximum absolute atomic E-state index is 13.8. The number of hydrogen-bond donors (Lipinski definition) is 3. The largest absolute Gasteiger partial charge is 0.341 e. The zero-order valence-electron chi connectivity index (χ0n) is 17.1. The number of carbonyl (C=O) groups excluding carboxylic acids is 3. The molecule has 3 rings (SSSR count). The first-order chi connectivity index (χ1) is 15.3. The van der Waals surface area contributed by atoms with Crippen molar-refractivity contribution in [2.75, 3.05) is 29.6 Å². The number of carbonyl (C=O) groups is 3. The third-order valence-electron chi connectivity index (χ3n) is 4.48. The van der Waals surface area contributed by atoms with Crippen LogP contribution in [0.15, 0.2) is 60.8 Å². The van der Waals surface area contributed by atoms with Gasteiger partial charge in [0, 0.05) is 31.5 Å². The van der Waals surface area contributed by atoms with E-state index in [4.69, 9.17) is 11.6 Å². The summed E-state index contributed by atoms with van der Waals surface area (Å²) >= 11 is 5.78. The molecule has 0 saturated heterocycles. The Hall–Kier alpha value is -3.98. The summed E-state index contributed by atoms with van der Waals surface area (Å²) in [5, 5.41) is 8.04. The molecule has 8 nitrogen and oxygen atoms in total. The minimum Gasteiger partial charge on any atom is -0.341 e. The molecule has 164 valence electrons. The predicted octanol–water partition coefficient (Wildman–Crippen LogP) is 4.15. The molecule has 0 saturated carbocycles. The van der Waals surface area contributed by atoms with Crippen LogP contribution in [0.2, 0.25) is 5.02 Å². The molecule has 0 atom stereocenters. The molecule has 0 aliphatic heterocycles. The smallest absolute Gasteiger partial charge is 0.321 e. The van der Waals surface area contributed by atoms with E-state index in [9.17, 15) is 18.8 Å². The van der Waals surface area contributed by atoms with E-state index >= 15 is 0 Å². The lowest BCUT2D eigenvalue weighted by molar-refractivity contribution is 0.102. The quantitative estimate of drug-likeness (QED) is 0.537. The molecule has 0 aliphatic carbocycles. The zero-order valence-corrected chi connectivity index (χ0v) is 17.9. The van der Waals surface area contributed by atoms with Gasteiger partial charge in [-0.25, -0.2) is 14.2 Å². The Balaban J connectivity index is 1.78. The van der Waals surface area contributed by atoms with Crippen LogP contribution in [0.4, 0.5) is 26.4 Å². The van der Waals surface area contributed by atoms with Crippen LogP contribution in [0.5, 0.6) is 0 Å². The lowest BCUT2D eigenvalue weighted by Crippen LogP contribution is -2.34. The standard InChI is InChI=1S/C22H19ClFN5O3/c1-25-22(32)29(2)16-7-3-13(4-8-16)20(30)27-18-9-6-15(24)11-17(18)21(31)28-19-10-5-14(23)12-26-19/h3-12H,1-2H3,(H,25,32)(H,27,30)(H,26,28,31). The summed E-state index contributed by atoms with van der Waals surface area (Å²) in [5.41, 5.74) is 0.910. The third-order valence-corrected chi connectivity index (χ3v) is 4.70. The van der Waals surface area contributed by atoms with Crippen LogP contribution in [0.3, 0.4) is 0 Å². The summed E-state index contributed by atoms with van der Waals surface area (Å²) in [5.74, 6) is -1.59. The number of benzene rings is 2. The Kier molecular flexibility index (Phi) is 7.01. The highest BCUT2D eigenvalue weighted by Crippen LogP contribution is 2.21. The lowest BCUT2D eigenvalue weighted by Gasteiger charge is -2.17. The van der Waals surface area contributed by atoms with Gasteiger partial charge in [-0.3, -0.25) is 14.5 Å². The van der Waals surface area contributed by atoms with Gasteiger partial charge in [-0.1, -0.05) is 11.6 Å². The molecule has 3 N–H and O–H groups in total. The van der Waals surface area contributed by atoms with Gasteiger partial charge in [-0.2, -0.15) is 0 Å². The minimum atomic E-state index is -0.655. The summed E-state index contributed by atoms with van der Waals surface area (Å²) in [4.78, 5) is 42.4. The van der Waals surface area contributed by atoms with Gasteiger partial charge >= 0.3 is 6.03 Å². The molecule has 0 bridgehead atoms. The minimum absolute atomic E-state index is 0.0777. The summed E-state index contributed by atoms with van der Waals surface area (Å²) in [6, 6.07) is 12.5. The maximum atomic E-state index is 13.8. The second-order valence-corrected chi connectivity index (χ2v) is 7.06. The van der Waals surface area contributed by atoms with Gasteiger partial charge in [-0.05, 0) is 54.6 Å². The SMILES string of the molecule is CNC(=O)N(C)c1ccc(C(=O)Nc2ccc(F)cc2C(=O)Nc2ccc(Cl)cn2)cc1. The third kappa shape index (κ3) is 5.38. The second kappa shape index (κ2) is 9.88. The molecule has 10 heteroatoms. The highest BCUT2D eigenvalue weighted by Gasteiger charge is 2.17. The van der Waals surface area contributed by atoms with Crippen molar-refractivity contribution in [2.24, 2.45) is 0 Å². The van der Waals surface area contributed by atoms with Crippen molar-refractivity contribution in [1.29, 1.82) is 0 Å². The Bertz CT molecular complexity index is 1150. The van der Waals surface area contributed by atoms with Crippen molar-refractivity contribution in [3.63, 3.8) is 0 Å². The number of urea groups is 1. The van der Waals surface area contributed by atoms with Gasteiger partial charge in [0.1, 0.15) is 11.6 Å². The van der Waals surface area contributed by atoms with Crippen molar-refractivity contribution >= 4 is 46.6 Å². The number of hydrogen-bond acceptors (Lipinski definition) is 4. The van der Waals surface area contributed by atoms with Crippen molar-refractivity contribution in [3.8, 4) is 0 Å². The summed E-state index contributed by atoms with van der Waals surface area (Å²) in [6.07, 6.45) is 1.36. The molecular formula is C22H19ClFN5O3. The van der Waals surface area contributed by atoms with Crippen LogP contribution in [-0.4, -0.2) is 36.9 Å². The van der Waals surface area contributed by atoms with Crippen molar-refractivity contribution in [1.82, 2.24) is 10.3 Å². The maximum Gasteiger partial charge on any atom is 0.321 e. The molecule has 3 aromatic rings.